The van der Waals surface area contributed by atoms with Gasteiger partial charge in [-0.3, -0.25) is 9.59 Å². The van der Waals surface area contributed by atoms with E-state index in [0.29, 0.717) is 5.69 Å². The van der Waals surface area contributed by atoms with Crippen LogP contribution in [0.15, 0.2) is 41.0 Å². The van der Waals surface area contributed by atoms with Gasteiger partial charge in [-0.15, -0.1) is 0 Å². The summed E-state index contributed by atoms with van der Waals surface area (Å²) in [6, 6.07) is 8.15. The summed E-state index contributed by atoms with van der Waals surface area (Å²) < 4.78 is 6.05. The van der Waals surface area contributed by atoms with Gasteiger partial charge in [-0.05, 0) is 66.3 Å². The molecule has 6 heteroatoms. The molecule has 1 aromatic heterocycles. The quantitative estimate of drug-likeness (QED) is 0.779. The van der Waals surface area contributed by atoms with Crippen molar-refractivity contribution >= 4 is 40.1 Å². The average Bonchev–Trinajstić information content (AvgIpc) is 2.97. The minimum absolute atomic E-state index is 0.180. The Morgan fingerprint density at radius 2 is 2.05 bits per heavy atom. The molecule has 0 spiro atoms. The fourth-order valence-corrected chi connectivity index (χ4v) is 2.18. The van der Waals surface area contributed by atoms with E-state index >= 15 is 0 Å². The predicted octanol–water partition coefficient (Wildman–Crippen LogP) is 2.95. The third-order valence-electron chi connectivity index (χ3n) is 2.93. The van der Waals surface area contributed by atoms with Crippen molar-refractivity contribution in [1.29, 1.82) is 0 Å². The van der Waals surface area contributed by atoms with Crippen LogP contribution in [0.4, 0.5) is 5.69 Å². The van der Waals surface area contributed by atoms with Crippen LogP contribution < -0.4 is 10.6 Å². The van der Waals surface area contributed by atoms with Gasteiger partial charge < -0.3 is 15.1 Å². The molecule has 2 aromatic rings. The van der Waals surface area contributed by atoms with Crippen LogP contribution >= 0.6 is 22.6 Å². The molecule has 21 heavy (non-hydrogen) atoms. The molecule has 2 rings (SSSR count). The minimum Gasteiger partial charge on any atom is -0.459 e. The topological polar surface area (TPSA) is 71.3 Å². The second-order valence-electron chi connectivity index (χ2n) is 4.63. The van der Waals surface area contributed by atoms with Crippen LogP contribution in [0.2, 0.25) is 0 Å². The first-order valence-electron chi connectivity index (χ1n) is 6.39. The van der Waals surface area contributed by atoms with Crippen molar-refractivity contribution < 1.29 is 14.0 Å². The summed E-state index contributed by atoms with van der Waals surface area (Å²) in [5.41, 5.74) is 1.85. The molecule has 5 nitrogen and oxygen atoms in total. The van der Waals surface area contributed by atoms with Crippen LogP contribution in [-0.4, -0.2) is 17.9 Å². The Labute approximate surface area is 136 Å². The number of rotatable bonds is 4. The molecule has 2 N–H and O–H groups in total. The second kappa shape index (κ2) is 6.75. The molecule has 0 aliphatic carbocycles. The van der Waals surface area contributed by atoms with Gasteiger partial charge in [0.1, 0.15) is 6.04 Å². The summed E-state index contributed by atoms with van der Waals surface area (Å²) in [6.07, 6.45) is 1.41. The molecular weight excluding hydrogens is 383 g/mol. The Morgan fingerprint density at radius 1 is 1.29 bits per heavy atom. The largest absolute Gasteiger partial charge is 0.459 e. The Morgan fingerprint density at radius 3 is 2.67 bits per heavy atom. The van der Waals surface area contributed by atoms with Crippen LogP contribution in [0.3, 0.4) is 0 Å². The normalized spacial score (nSPS) is 11.8. The van der Waals surface area contributed by atoms with Crippen molar-refractivity contribution in [2.45, 2.75) is 19.9 Å². The molecule has 1 aromatic carbocycles. The molecule has 0 aliphatic rings. The van der Waals surface area contributed by atoms with Gasteiger partial charge in [0.15, 0.2) is 5.76 Å². The number of aryl methyl sites for hydroxylation is 1. The van der Waals surface area contributed by atoms with Gasteiger partial charge in [-0.1, -0.05) is 6.07 Å². The maximum atomic E-state index is 12.1. The molecule has 0 bridgehead atoms. The highest BCUT2D eigenvalue weighted by Gasteiger charge is 2.18. The number of halogens is 1. The fraction of sp³-hybridized carbons (Fsp3) is 0.200. The molecular formula is C15H15IN2O3. The standard InChI is InChI=1S/C15H15IN2O3/c1-9-5-6-11(8-12(9)16)18-14(19)10(2)17-15(20)13-4-3-7-21-13/h3-8,10H,1-2H3,(H,17,20)(H,18,19). The maximum absolute atomic E-state index is 12.1. The van der Waals surface area contributed by atoms with E-state index < -0.39 is 11.9 Å². The summed E-state index contributed by atoms with van der Waals surface area (Å²) in [4.78, 5) is 23.8. The number of nitrogens with one attached hydrogen (secondary N) is 2. The first-order chi connectivity index (χ1) is 9.97. The van der Waals surface area contributed by atoms with E-state index in [1.165, 1.54) is 6.26 Å². The highest BCUT2D eigenvalue weighted by Crippen LogP contribution is 2.17. The zero-order valence-corrected chi connectivity index (χ0v) is 13.8. The number of carbonyl (C=O) groups is 2. The first kappa shape index (κ1) is 15.6. The Kier molecular flexibility index (Phi) is 5.00. The van der Waals surface area contributed by atoms with Gasteiger partial charge >= 0.3 is 0 Å². The van der Waals surface area contributed by atoms with Crippen molar-refractivity contribution in [3.8, 4) is 0 Å². The van der Waals surface area contributed by atoms with Crippen LogP contribution in [0.1, 0.15) is 23.0 Å². The molecule has 0 fully saturated rings. The lowest BCUT2D eigenvalue weighted by atomic mass is 10.2. The van der Waals surface area contributed by atoms with Crippen LogP contribution in [-0.2, 0) is 4.79 Å². The molecule has 0 radical (unpaired) electrons. The molecule has 0 saturated carbocycles. The van der Waals surface area contributed by atoms with Crippen LogP contribution in [0, 0.1) is 10.5 Å². The molecule has 1 atom stereocenters. The minimum atomic E-state index is -0.665. The van der Waals surface area contributed by atoms with Gasteiger partial charge in [-0.25, -0.2) is 0 Å². The monoisotopic (exact) mass is 398 g/mol. The molecule has 1 heterocycles. The van der Waals surface area contributed by atoms with Crippen molar-refractivity contribution in [3.63, 3.8) is 0 Å². The molecule has 2 amide bonds. The van der Waals surface area contributed by atoms with Gasteiger partial charge in [0.05, 0.1) is 6.26 Å². The van der Waals surface area contributed by atoms with Crippen LogP contribution in [0.5, 0.6) is 0 Å². The van der Waals surface area contributed by atoms with E-state index in [-0.39, 0.29) is 11.7 Å². The number of anilines is 1. The Bertz CT molecular complexity index is 653. The van der Waals surface area contributed by atoms with E-state index in [0.717, 1.165) is 9.13 Å². The SMILES string of the molecule is Cc1ccc(NC(=O)C(C)NC(=O)c2ccco2)cc1I. The third-order valence-corrected chi connectivity index (χ3v) is 4.09. The molecule has 110 valence electrons. The van der Waals surface area contributed by atoms with Crippen molar-refractivity contribution in [2.24, 2.45) is 0 Å². The van der Waals surface area contributed by atoms with Gasteiger partial charge in [0, 0.05) is 9.26 Å². The highest BCUT2D eigenvalue weighted by molar-refractivity contribution is 14.1. The van der Waals surface area contributed by atoms with E-state index in [2.05, 4.69) is 33.2 Å². The number of furan rings is 1. The van der Waals surface area contributed by atoms with E-state index in [1.807, 2.05) is 25.1 Å². The number of amides is 2. The zero-order chi connectivity index (χ0) is 15.4. The fourth-order valence-electron chi connectivity index (χ4n) is 1.66. The van der Waals surface area contributed by atoms with Crippen molar-refractivity contribution in [3.05, 3.63) is 51.5 Å². The lowest BCUT2D eigenvalue weighted by Crippen LogP contribution is -2.41. The van der Waals surface area contributed by atoms with Gasteiger partial charge in [-0.2, -0.15) is 0 Å². The van der Waals surface area contributed by atoms with E-state index in [9.17, 15) is 9.59 Å². The zero-order valence-electron chi connectivity index (χ0n) is 11.6. The summed E-state index contributed by atoms with van der Waals surface area (Å²) in [7, 11) is 0. The number of benzene rings is 1. The third kappa shape index (κ3) is 4.07. The smallest absolute Gasteiger partial charge is 0.287 e. The Balaban J connectivity index is 1.96. The average molecular weight is 398 g/mol. The summed E-state index contributed by atoms with van der Waals surface area (Å²) in [5, 5.41) is 5.35. The Hall–Kier alpha value is -1.83. The van der Waals surface area contributed by atoms with Gasteiger partial charge in [0.2, 0.25) is 5.91 Å². The van der Waals surface area contributed by atoms with Crippen molar-refractivity contribution in [1.82, 2.24) is 5.32 Å². The van der Waals surface area contributed by atoms with Crippen LogP contribution in [0.25, 0.3) is 0 Å². The van der Waals surface area contributed by atoms with E-state index in [4.69, 9.17) is 4.42 Å². The lowest BCUT2D eigenvalue weighted by Gasteiger charge is -2.14. The summed E-state index contributed by atoms with van der Waals surface area (Å²) in [6.45, 7) is 3.62. The number of hydrogen-bond donors (Lipinski definition) is 2. The summed E-state index contributed by atoms with van der Waals surface area (Å²) >= 11 is 2.21. The second-order valence-corrected chi connectivity index (χ2v) is 5.79. The number of hydrogen-bond acceptors (Lipinski definition) is 3. The molecule has 0 aliphatic heterocycles. The van der Waals surface area contributed by atoms with E-state index in [1.54, 1.807) is 19.1 Å². The maximum Gasteiger partial charge on any atom is 0.287 e. The van der Waals surface area contributed by atoms with Gasteiger partial charge in [0.25, 0.3) is 5.91 Å². The summed E-state index contributed by atoms with van der Waals surface area (Å²) in [5.74, 6) is -0.518. The molecule has 1 unspecified atom stereocenters. The number of carbonyl (C=O) groups excluding carboxylic acids is 2. The molecule has 0 saturated heterocycles. The first-order valence-corrected chi connectivity index (χ1v) is 7.46. The predicted molar refractivity (Wildman–Crippen MR) is 88.2 cm³/mol. The highest BCUT2D eigenvalue weighted by atomic mass is 127. The van der Waals surface area contributed by atoms with Crippen molar-refractivity contribution in [2.75, 3.05) is 5.32 Å². The lowest BCUT2D eigenvalue weighted by molar-refractivity contribution is -0.117.